The SMILES string of the molecule is COOCc1ccc(S(C)(=O)=O)c(CBr)c1C. The Hall–Kier alpha value is -0.430. The standard InChI is InChI=1S/C11H15BrO4S/c1-8-9(7-16-15-2)4-5-11(10(8)6-12)17(3,13)14/h4-5H,6-7H2,1-3H3. The quantitative estimate of drug-likeness (QED) is 0.474. The zero-order valence-corrected chi connectivity index (χ0v) is 12.4. The molecule has 0 saturated carbocycles. The van der Waals surface area contributed by atoms with Crippen molar-refractivity contribution in [1.29, 1.82) is 0 Å². The molecule has 0 radical (unpaired) electrons. The molecule has 0 aliphatic heterocycles. The smallest absolute Gasteiger partial charge is 0.175 e. The molecule has 0 atom stereocenters. The van der Waals surface area contributed by atoms with E-state index < -0.39 is 9.84 Å². The van der Waals surface area contributed by atoms with Crippen LogP contribution in [-0.4, -0.2) is 21.8 Å². The summed E-state index contributed by atoms with van der Waals surface area (Å²) in [5, 5.41) is 0.488. The van der Waals surface area contributed by atoms with Crippen molar-refractivity contribution >= 4 is 25.8 Å². The zero-order chi connectivity index (χ0) is 13.1. The van der Waals surface area contributed by atoms with Gasteiger partial charge in [-0.1, -0.05) is 22.0 Å². The minimum atomic E-state index is -3.21. The Bertz CT molecular complexity index is 496. The second-order valence-corrected chi connectivity index (χ2v) is 6.21. The van der Waals surface area contributed by atoms with Crippen LogP contribution in [0.3, 0.4) is 0 Å². The zero-order valence-electron chi connectivity index (χ0n) is 9.99. The van der Waals surface area contributed by atoms with Crippen LogP contribution in [0.5, 0.6) is 0 Å². The summed E-state index contributed by atoms with van der Waals surface area (Å²) in [6.45, 7) is 2.17. The lowest BCUT2D eigenvalue weighted by Crippen LogP contribution is -2.06. The summed E-state index contributed by atoms with van der Waals surface area (Å²) in [6, 6.07) is 3.35. The van der Waals surface area contributed by atoms with Gasteiger partial charge in [0.1, 0.15) is 6.61 Å². The van der Waals surface area contributed by atoms with Gasteiger partial charge in [-0.25, -0.2) is 18.2 Å². The summed E-state index contributed by atoms with van der Waals surface area (Å²) in [7, 11) is -1.77. The Labute approximate surface area is 110 Å². The van der Waals surface area contributed by atoms with E-state index in [1.54, 1.807) is 12.1 Å². The van der Waals surface area contributed by atoms with E-state index in [9.17, 15) is 8.42 Å². The van der Waals surface area contributed by atoms with Crippen LogP contribution in [0.2, 0.25) is 0 Å². The maximum absolute atomic E-state index is 11.6. The van der Waals surface area contributed by atoms with Gasteiger partial charge in [0.2, 0.25) is 0 Å². The Morgan fingerprint density at radius 2 is 2.00 bits per heavy atom. The van der Waals surface area contributed by atoms with Gasteiger partial charge in [0.05, 0.1) is 12.0 Å². The van der Waals surface area contributed by atoms with E-state index in [0.717, 1.165) is 16.7 Å². The van der Waals surface area contributed by atoms with Crippen LogP contribution in [0.15, 0.2) is 17.0 Å². The Kier molecular flexibility index (Phi) is 5.12. The van der Waals surface area contributed by atoms with Crippen LogP contribution in [0.1, 0.15) is 16.7 Å². The van der Waals surface area contributed by atoms with Gasteiger partial charge >= 0.3 is 0 Å². The van der Waals surface area contributed by atoms with Crippen molar-refractivity contribution in [1.82, 2.24) is 0 Å². The van der Waals surface area contributed by atoms with Crippen molar-refractivity contribution in [2.45, 2.75) is 23.8 Å². The highest BCUT2D eigenvalue weighted by molar-refractivity contribution is 9.08. The molecule has 17 heavy (non-hydrogen) atoms. The molecule has 0 fully saturated rings. The molecule has 0 aliphatic rings. The van der Waals surface area contributed by atoms with Gasteiger partial charge in [0.25, 0.3) is 0 Å². The molecule has 1 aromatic rings. The monoisotopic (exact) mass is 322 g/mol. The van der Waals surface area contributed by atoms with E-state index in [0.29, 0.717) is 16.8 Å². The molecule has 1 rings (SSSR count). The molecule has 0 heterocycles. The van der Waals surface area contributed by atoms with E-state index in [4.69, 9.17) is 4.89 Å². The normalized spacial score (nSPS) is 11.8. The van der Waals surface area contributed by atoms with Crippen molar-refractivity contribution in [3.8, 4) is 0 Å². The van der Waals surface area contributed by atoms with Gasteiger partial charge < -0.3 is 0 Å². The molecule has 1 aromatic carbocycles. The molecular weight excluding hydrogens is 308 g/mol. The lowest BCUT2D eigenvalue weighted by molar-refractivity contribution is -0.282. The highest BCUT2D eigenvalue weighted by atomic mass is 79.9. The Morgan fingerprint density at radius 1 is 1.35 bits per heavy atom. The fourth-order valence-corrected chi connectivity index (χ4v) is 3.47. The van der Waals surface area contributed by atoms with Gasteiger partial charge in [-0.05, 0) is 29.7 Å². The van der Waals surface area contributed by atoms with Crippen molar-refractivity contribution in [2.24, 2.45) is 0 Å². The highest BCUT2D eigenvalue weighted by Gasteiger charge is 2.16. The molecule has 0 bridgehead atoms. The number of hydrogen-bond acceptors (Lipinski definition) is 4. The van der Waals surface area contributed by atoms with Gasteiger partial charge in [-0.2, -0.15) is 0 Å². The van der Waals surface area contributed by atoms with Gasteiger partial charge in [0, 0.05) is 11.6 Å². The molecule has 6 heteroatoms. The Morgan fingerprint density at radius 3 is 2.47 bits per heavy atom. The first-order valence-electron chi connectivity index (χ1n) is 4.94. The number of alkyl halides is 1. The van der Waals surface area contributed by atoms with E-state index >= 15 is 0 Å². The predicted octanol–water partition coefficient (Wildman–Crippen LogP) is 2.37. The summed E-state index contributed by atoms with van der Waals surface area (Å²) < 4.78 is 23.2. The molecule has 4 nitrogen and oxygen atoms in total. The Balaban J connectivity index is 3.27. The third kappa shape index (κ3) is 3.51. The fraction of sp³-hybridized carbons (Fsp3) is 0.455. The van der Waals surface area contributed by atoms with E-state index in [2.05, 4.69) is 20.8 Å². The van der Waals surface area contributed by atoms with E-state index in [1.807, 2.05) is 6.92 Å². The van der Waals surface area contributed by atoms with Crippen molar-refractivity contribution in [3.05, 3.63) is 28.8 Å². The molecular formula is C11H15BrO4S. The third-order valence-corrected chi connectivity index (χ3v) is 4.28. The van der Waals surface area contributed by atoms with Crippen LogP contribution in [-0.2, 0) is 31.5 Å². The second kappa shape index (κ2) is 5.95. The predicted molar refractivity (Wildman–Crippen MR) is 68.7 cm³/mol. The molecule has 0 aromatic heterocycles. The van der Waals surface area contributed by atoms with Crippen LogP contribution in [0, 0.1) is 6.92 Å². The third-order valence-electron chi connectivity index (χ3n) is 2.53. The minimum absolute atomic E-state index is 0.298. The number of rotatable bonds is 5. The summed E-state index contributed by atoms with van der Waals surface area (Å²) >= 11 is 3.32. The van der Waals surface area contributed by atoms with Gasteiger partial charge in [-0.3, -0.25) is 0 Å². The van der Waals surface area contributed by atoms with Crippen LogP contribution in [0.25, 0.3) is 0 Å². The maximum atomic E-state index is 11.6. The fourth-order valence-electron chi connectivity index (χ4n) is 1.57. The lowest BCUT2D eigenvalue weighted by atomic mass is 10.0. The van der Waals surface area contributed by atoms with Crippen molar-refractivity contribution < 1.29 is 18.2 Å². The van der Waals surface area contributed by atoms with Crippen LogP contribution >= 0.6 is 15.9 Å². The van der Waals surface area contributed by atoms with Gasteiger partial charge in [0.15, 0.2) is 9.84 Å². The first kappa shape index (κ1) is 14.6. The maximum Gasteiger partial charge on any atom is 0.175 e. The first-order valence-corrected chi connectivity index (χ1v) is 7.96. The molecule has 0 saturated heterocycles. The number of sulfone groups is 1. The summed E-state index contributed by atoms with van der Waals surface area (Å²) in [6.07, 6.45) is 1.21. The molecule has 0 aliphatic carbocycles. The average molecular weight is 323 g/mol. The second-order valence-electron chi connectivity index (χ2n) is 3.66. The molecule has 0 spiro atoms. The number of benzene rings is 1. The van der Waals surface area contributed by atoms with Crippen molar-refractivity contribution in [3.63, 3.8) is 0 Å². The van der Waals surface area contributed by atoms with E-state index in [1.165, 1.54) is 13.4 Å². The largest absolute Gasteiger partial charge is 0.240 e. The number of halogens is 1. The number of hydrogen-bond donors (Lipinski definition) is 0. The van der Waals surface area contributed by atoms with Crippen LogP contribution < -0.4 is 0 Å². The summed E-state index contributed by atoms with van der Waals surface area (Å²) in [5.41, 5.74) is 2.58. The van der Waals surface area contributed by atoms with Gasteiger partial charge in [-0.15, -0.1) is 0 Å². The molecule has 0 N–H and O–H groups in total. The first-order chi connectivity index (χ1) is 7.91. The summed E-state index contributed by atoms with van der Waals surface area (Å²) in [5.74, 6) is 0. The van der Waals surface area contributed by atoms with Crippen LogP contribution in [0.4, 0.5) is 0 Å². The minimum Gasteiger partial charge on any atom is -0.240 e. The average Bonchev–Trinajstić information content (AvgIpc) is 2.25. The molecule has 0 amide bonds. The topological polar surface area (TPSA) is 52.6 Å². The van der Waals surface area contributed by atoms with Crippen molar-refractivity contribution in [2.75, 3.05) is 13.4 Å². The summed E-state index contributed by atoms with van der Waals surface area (Å²) in [4.78, 5) is 9.76. The molecule has 0 unspecified atom stereocenters. The molecule has 96 valence electrons. The highest BCUT2D eigenvalue weighted by Crippen LogP contribution is 2.25. The van der Waals surface area contributed by atoms with E-state index in [-0.39, 0.29) is 0 Å². The lowest BCUT2D eigenvalue weighted by Gasteiger charge is -2.13.